The SMILES string of the molecule is CC(=O)OCC(=O)Cl.CC(=O)OCC(=O)ON1C(=O)CCC1=O.O=C1CCC(=O)N1O. The Morgan fingerprint density at radius 1 is 0.806 bits per heavy atom. The fourth-order valence-corrected chi connectivity index (χ4v) is 1.72. The summed E-state index contributed by atoms with van der Waals surface area (Å²) in [6.07, 6.45) is 0.351. The summed E-state index contributed by atoms with van der Waals surface area (Å²) in [7, 11) is 0. The zero-order valence-electron chi connectivity index (χ0n) is 16.5. The molecule has 14 nitrogen and oxygen atoms in total. The molecule has 0 aromatic carbocycles. The van der Waals surface area contributed by atoms with Gasteiger partial charge in [0.25, 0.3) is 28.9 Å². The number of carbonyl (C=O) groups excluding carboxylic acids is 8. The van der Waals surface area contributed by atoms with E-state index in [2.05, 4.69) is 14.3 Å². The molecule has 172 valence electrons. The van der Waals surface area contributed by atoms with Crippen LogP contribution in [-0.2, 0) is 52.7 Å². The molecule has 2 aliphatic heterocycles. The standard InChI is InChI=1S/C8H9NO6.C4H5ClO3.C4H5NO3/c1-5(10)14-4-8(13)15-9-6(11)2-3-7(9)12;1-3(6)8-2-4(5)7;6-3-1-2-4(7)5(3)8/h2-4H2,1H3;2H2,1H3;8H,1-2H2. The average molecular weight is 467 g/mol. The molecular formula is C16H19ClN2O12. The first-order valence-corrected chi connectivity index (χ1v) is 8.79. The van der Waals surface area contributed by atoms with Crippen LogP contribution in [-0.4, -0.2) is 75.3 Å². The maximum absolute atomic E-state index is 11.0. The van der Waals surface area contributed by atoms with E-state index in [0.29, 0.717) is 5.06 Å². The number of carbonyl (C=O) groups is 8. The summed E-state index contributed by atoms with van der Waals surface area (Å²) in [6, 6.07) is 0. The maximum atomic E-state index is 11.0. The van der Waals surface area contributed by atoms with Gasteiger partial charge >= 0.3 is 17.9 Å². The van der Waals surface area contributed by atoms with Gasteiger partial charge in [-0.2, -0.15) is 5.06 Å². The van der Waals surface area contributed by atoms with Gasteiger partial charge < -0.3 is 14.3 Å². The van der Waals surface area contributed by atoms with Gasteiger partial charge in [-0.25, -0.2) is 4.79 Å². The van der Waals surface area contributed by atoms with Crippen molar-refractivity contribution in [3.63, 3.8) is 0 Å². The van der Waals surface area contributed by atoms with Gasteiger partial charge in [0.1, 0.15) is 0 Å². The number of imide groups is 2. The molecule has 0 bridgehead atoms. The predicted molar refractivity (Wildman–Crippen MR) is 94.2 cm³/mol. The summed E-state index contributed by atoms with van der Waals surface area (Å²) >= 11 is 4.81. The van der Waals surface area contributed by atoms with E-state index in [-0.39, 0.29) is 37.4 Å². The minimum atomic E-state index is -0.964. The molecule has 4 amide bonds. The van der Waals surface area contributed by atoms with Crippen molar-refractivity contribution in [2.24, 2.45) is 0 Å². The zero-order valence-corrected chi connectivity index (χ0v) is 17.2. The number of amides is 4. The Morgan fingerprint density at radius 2 is 1.19 bits per heavy atom. The average Bonchev–Trinajstić information content (AvgIpc) is 3.15. The largest absolute Gasteiger partial charge is 0.456 e. The molecule has 2 saturated heterocycles. The van der Waals surface area contributed by atoms with Crippen LogP contribution in [0.15, 0.2) is 0 Å². The van der Waals surface area contributed by atoms with Crippen LogP contribution in [0.2, 0.25) is 0 Å². The number of halogens is 1. The van der Waals surface area contributed by atoms with Crippen molar-refractivity contribution in [1.29, 1.82) is 0 Å². The Morgan fingerprint density at radius 3 is 1.48 bits per heavy atom. The van der Waals surface area contributed by atoms with Crippen molar-refractivity contribution in [2.75, 3.05) is 13.2 Å². The molecule has 0 saturated carbocycles. The number of esters is 2. The van der Waals surface area contributed by atoms with Crippen LogP contribution in [0.25, 0.3) is 0 Å². The molecule has 2 heterocycles. The summed E-state index contributed by atoms with van der Waals surface area (Å²) < 4.78 is 8.50. The molecule has 2 fully saturated rings. The number of hydroxylamine groups is 4. The summed E-state index contributed by atoms with van der Waals surface area (Å²) in [5.41, 5.74) is 0. The first-order valence-electron chi connectivity index (χ1n) is 8.41. The molecule has 0 spiro atoms. The van der Waals surface area contributed by atoms with Crippen molar-refractivity contribution in [3.8, 4) is 0 Å². The molecule has 15 heteroatoms. The van der Waals surface area contributed by atoms with Gasteiger partial charge in [0.15, 0.2) is 13.2 Å². The van der Waals surface area contributed by atoms with Crippen molar-refractivity contribution in [1.82, 2.24) is 10.1 Å². The topological polar surface area (TPSA) is 191 Å². The highest BCUT2D eigenvalue weighted by Crippen LogP contribution is 2.12. The van der Waals surface area contributed by atoms with Crippen LogP contribution in [0.1, 0.15) is 39.5 Å². The third-order valence-electron chi connectivity index (χ3n) is 3.01. The number of nitrogens with zero attached hydrogens (tertiary/aromatic N) is 2. The highest BCUT2D eigenvalue weighted by molar-refractivity contribution is 6.64. The van der Waals surface area contributed by atoms with Crippen molar-refractivity contribution in [3.05, 3.63) is 0 Å². The quantitative estimate of drug-likeness (QED) is 0.225. The number of rotatable bonds is 5. The van der Waals surface area contributed by atoms with Gasteiger partial charge in [-0.05, 0) is 11.6 Å². The van der Waals surface area contributed by atoms with Crippen LogP contribution in [0.5, 0.6) is 0 Å². The summed E-state index contributed by atoms with van der Waals surface area (Å²) in [5, 5.41) is 8.30. The molecule has 2 rings (SSSR count). The van der Waals surface area contributed by atoms with Crippen LogP contribution in [0, 0.1) is 0 Å². The third-order valence-corrected chi connectivity index (χ3v) is 3.12. The fourth-order valence-electron chi connectivity index (χ4n) is 1.67. The van der Waals surface area contributed by atoms with E-state index in [1.807, 2.05) is 0 Å². The molecule has 0 aliphatic carbocycles. The smallest absolute Gasteiger partial charge is 0.370 e. The number of hydrogen-bond donors (Lipinski definition) is 1. The van der Waals surface area contributed by atoms with E-state index < -0.39 is 53.4 Å². The van der Waals surface area contributed by atoms with Crippen LogP contribution in [0.4, 0.5) is 0 Å². The van der Waals surface area contributed by atoms with Gasteiger partial charge in [0.2, 0.25) is 0 Å². The normalized spacial score (nSPS) is 14.8. The van der Waals surface area contributed by atoms with Crippen LogP contribution < -0.4 is 0 Å². The minimum Gasteiger partial charge on any atom is -0.456 e. The fraction of sp³-hybridized carbons (Fsp3) is 0.500. The minimum absolute atomic E-state index is 0.0275. The Labute approximate surface area is 179 Å². The number of hydrogen-bond acceptors (Lipinski definition) is 12. The van der Waals surface area contributed by atoms with Crippen LogP contribution in [0.3, 0.4) is 0 Å². The van der Waals surface area contributed by atoms with Gasteiger partial charge in [-0.3, -0.25) is 38.8 Å². The second-order valence-electron chi connectivity index (χ2n) is 5.56. The summed E-state index contributed by atoms with van der Waals surface area (Å²) in [6.45, 7) is 1.38. The molecule has 0 aromatic heterocycles. The van der Waals surface area contributed by atoms with Gasteiger partial charge in [-0.1, -0.05) is 0 Å². The molecule has 0 radical (unpaired) electrons. The van der Waals surface area contributed by atoms with Crippen molar-refractivity contribution in [2.45, 2.75) is 39.5 Å². The Balaban J connectivity index is 0.000000477. The lowest BCUT2D eigenvalue weighted by Gasteiger charge is -2.11. The first kappa shape index (κ1) is 27.6. The summed E-state index contributed by atoms with van der Waals surface area (Å²) in [5.74, 6) is -4.27. The maximum Gasteiger partial charge on any atom is 0.370 e. The molecule has 31 heavy (non-hydrogen) atoms. The van der Waals surface area contributed by atoms with Crippen LogP contribution >= 0.6 is 11.6 Å². The van der Waals surface area contributed by atoms with E-state index in [1.165, 1.54) is 6.92 Å². The monoisotopic (exact) mass is 466 g/mol. The lowest BCUT2D eigenvalue weighted by atomic mass is 10.4. The lowest BCUT2D eigenvalue weighted by molar-refractivity contribution is -0.200. The Hall–Kier alpha value is -3.39. The van der Waals surface area contributed by atoms with E-state index in [1.54, 1.807) is 0 Å². The number of ether oxygens (including phenoxy) is 2. The lowest BCUT2D eigenvalue weighted by Crippen LogP contribution is -2.33. The van der Waals surface area contributed by atoms with E-state index in [9.17, 15) is 38.4 Å². The molecular weight excluding hydrogens is 448 g/mol. The second kappa shape index (κ2) is 13.8. The molecule has 0 aromatic rings. The van der Waals surface area contributed by atoms with Crippen molar-refractivity contribution < 1.29 is 57.9 Å². The third kappa shape index (κ3) is 12.0. The van der Waals surface area contributed by atoms with Crippen molar-refractivity contribution >= 4 is 58.4 Å². The Bertz CT molecular complexity index is 720. The van der Waals surface area contributed by atoms with Gasteiger partial charge in [0.05, 0.1) is 0 Å². The van der Waals surface area contributed by atoms with E-state index in [0.717, 1.165) is 6.92 Å². The van der Waals surface area contributed by atoms with E-state index >= 15 is 0 Å². The zero-order chi connectivity index (χ0) is 24.1. The molecule has 1 N–H and O–H groups in total. The van der Waals surface area contributed by atoms with Gasteiger partial charge in [-0.15, -0.1) is 5.06 Å². The molecule has 0 atom stereocenters. The highest BCUT2D eigenvalue weighted by Gasteiger charge is 2.33. The second-order valence-corrected chi connectivity index (χ2v) is 5.98. The van der Waals surface area contributed by atoms with Gasteiger partial charge in [0, 0.05) is 39.5 Å². The predicted octanol–water partition coefficient (Wildman–Crippen LogP) is -1.00. The first-order chi connectivity index (χ1) is 14.3. The highest BCUT2D eigenvalue weighted by atomic mass is 35.5. The molecule has 2 aliphatic rings. The summed E-state index contributed by atoms with van der Waals surface area (Å²) in [4.78, 5) is 87.9. The Kier molecular flexibility index (Phi) is 12.3. The van der Waals surface area contributed by atoms with E-state index in [4.69, 9.17) is 16.8 Å². The molecule has 0 unspecified atom stereocenters.